The molecule has 0 N–H and O–H groups in total. The number of carbonyl (C=O) groups is 2. The van der Waals surface area contributed by atoms with Gasteiger partial charge < -0.3 is 23.7 Å². The molecule has 8 atom stereocenters. The van der Waals surface area contributed by atoms with Crippen LogP contribution in [0, 0.1) is 22.7 Å². The number of carbonyl (C=O) groups excluding carboxylic acids is 2. The van der Waals surface area contributed by atoms with Crippen molar-refractivity contribution in [3.05, 3.63) is 11.6 Å². The molecule has 0 amide bonds. The van der Waals surface area contributed by atoms with Gasteiger partial charge in [-0.25, -0.2) is 4.79 Å². The average Bonchev–Trinajstić information content (AvgIpc) is 3.23. The molecule has 3 aliphatic heterocycles. The van der Waals surface area contributed by atoms with Gasteiger partial charge in [-0.05, 0) is 61.3 Å². The summed E-state index contributed by atoms with van der Waals surface area (Å²) in [5.41, 5.74) is 0.129. The maximum atomic E-state index is 12.0. The first-order chi connectivity index (χ1) is 14.3. The van der Waals surface area contributed by atoms with Gasteiger partial charge in [-0.1, -0.05) is 13.8 Å². The molecular formula is C23H32O7. The van der Waals surface area contributed by atoms with Crippen molar-refractivity contribution in [2.45, 2.75) is 83.6 Å². The lowest BCUT2D eigenvalue weighted by molar-refractivity contribution is -0.234. The quantitative estimate of drug-likeness (QED) is 0.499. The van der Waals surface area contributed by atoms with Crippen molar-refractivity contribution < 1.29 is 33.3 Å². The summed E-state index contributed by atoms with van der Waals surface area (Å²) in [7, 11) is 1.64. The lowest BCUT2D eigenvalue weighted by Crippen LogP contribution is -2.62. The van der Waals surface area contributed by atoms with Crippen LogP contribution >= 0.6 is 0 Å². The molecule has 3 heterocycles. The SMILES string of the molecule is COC1OC(OC(C)=O)[C@@]23CC[C@H](C)[C@@](C)(CCC4=CC(=O)OC4)[C@@H]2CC[C@@H]2O[C@@]123. The molecule has 0 radical (unpaired) electrons. The fourth-order valence-electron chi connectivity index (χ4n) is 7.30. The Balaban J connectivity index is 1.51. The Morgan fingerprint density at radius 2 is 2.07 bits per heavy atom. The lowest BCUT2D eigenvalue weighted by atomic mass is 9.44. The van der Waals surface area contributed by atoms with Gasteiger partial charge in [0.25, 0.3) is 0 Å². The molecule has 2 aliphatic carbocycles. The second-order valence-electron chi connectivity index (χ2n) is 10.1. The standard InChI is InChI=1S/C23H32O7/c1-13-7-10-22-16(21(13,3)9-8-15-11-18(25)27-12-15)5-6-17-23(22,30-17)20(26-4)29-19(22)28-14(2)24/h11,13,16-17,19-20H,5-10,12H2,1-4H3/t13-,16-,17-,19?,20?,21+,22+,23+/m0/s1. The zero-order chi connectivity index (χ0) is 21.3. The highest BCUT2D eigenvalue weighted by atomic mass is 16.8. The molecule has 2 saturated heterocycles. The van der Waals surface area contributed by atoms with Crippen LogP contribution in [0.4, 0.5) is 0 Å². The normalized spacial score (nSPS) is 48.9. The second-order valence-corrected chi connectivity index (χ2v) is 10.1. The van der Waals surface area contributed by atoms with Crippen molar-refractivity contribution in [1.82, 2.24) is 0 Å². The van der Waals surface area contributed by atoms with Gasteiger partial charge in [0.05, 0.1) is 11.5 Å². The van der Waals surface area contributed by atoms with Gasteiger partial charge >= 0.3 is 11.9 Å². The summed E-state index contributed by atoms with van der Waals surface area (Å²) >= 11 is 0. The van der Waals surface area contributed by atoms with Gasteiger partial charge in [0.1, 0.15) is 6.61 Å². The summed E-state index contributed by atoms with van der Waals surface area (Å²) in [6.45, 7) is 6.53. The van der Waals surface area contributed by atoms with Crippen molar-refractivity contribution in [2.75, 3.05) is 13.7 Å². The first-order valence-electron chi connectivity index (χ1n) is 11.2. The van der Waals surface area contributed by atoms with Gasteiger partial charge in [-0.3, -0.25) is 4.79 Å². The van der Waals surface area contributed by atoms with Gasteiger partial charge in [0.2, 0.25) is 6.29 Å². The summed E-state index contributed by atoms with van der Waals surface area (Å²) in [6.07, 6.45) is 6.24. The third kappa shape index (κ3) is 2.55. The lowest BCUT2D eigenvalue weighted by Gasteiger charge is -2.59. The molecule has 2 saturated carbocycles. The average molecular weight is 421 g/mol. The second kappa shape index (κ2) is 6.78. The Kier molecular flexibility index (Phi) is 4.62. The van der Waals surface area contributed by atoms with Crippen molar-refractivity contribution in [2.24, 2.45) is 22.7 Å². The van der Waals surface area contributed by atoms with Gasteiger partial charge in [-0.2, -0.15) is 0 Å². The van der Waals surface area contributed by atoms with E-state index in [0.717, 1.165) is 44.1 Å². The minimum absolute atomic E-state index is 0.000954. The minimum atomic E-state index is -0.655. The Morgan fingerprint density at radius 3 is 2.73 bits per heavy atom. The van der Waals surface area contributed by atoms with E-state index in [4.69, 9.17) is 23.7 Å². The van der Waals surface area contributed by atoms with Crippen LogP contribution in [0.3, 0.4) is 0 Å². The van der Waals surface area contributed by atoms with Gasteiger partial charge in [-0.15, -0.1) is 0 Å². The molecule has 0 bridgehead atoms. The minimum Gasteiger partial charge on any atom is -0.458 e. The van der Waals surface area contributed by atoms with Crippen LogP contribution in [-0.4, -0.2) is 49.9 Å². The van der Waals surface area contributed by atoms with Crippen LogP contribution in [-0.2, 0) is 33.3 Å². The predicted molar refractivity (Wildman–Crippen MR) is 105 cm³/mol. The van der Waals surface area contributed by atoms with Crippen LogP contribution < -0.4 is 0 Å². The fourth-order valence-corrected chi connectivity index (χ4v) is 7.30. The molecule has 7 heteroatoms. The smallest absolute Gasteiger partial charge is 0.331 e. The molecule has 5 rings (SSSR count). The Morgan fingerprint density at radius 1 is 1.27 bits per heavy atom. The van der Waals surface area contributed by atoms with E-state index in [-0.39, 0.29) is 29.4 Å². The molecule has 166 valence electrons. The van der Waals surface area contributed by atoms with E-state index in [9.17, 15) is 9.59 Å². The molecule has 7 nitrogen and oxygen atoms in total. The van der Waals surface area contributed by atoms with Crippen LogP contribution in [0.1, 0.15) is 59.3 Å². The number of rotatable bonds is 5. The topological polar surface area (TPSA) is 83.6 Å². The highest BCUT2D eigenvalue weighted by molar-refractivity contribution is 5.85. The van der Waals surface area contributed by atoms with Crippen LogP contribution in [0.25, 0.3) is 0 Å². The zero-order valence-electron chi connectivity index (χ0n) is 18.3. The highest BCUT2D eigenvalue weighted by Crippen LogP contribution is 2.76. The largest absolute Gasteiger partial charge is 0.458 e. The van der Waals surface area contributed by atoms with Crippen molar-refractivity contribution >= 4 is 11.9 Å². The van der Waals surface area contributed by atoms with Crippen molar-refractivity contribution in [3.63, 3.8) is 0 Å². The summed E-state index contributed by atoms with van der Waals surface area (Å²) < 4.78 is 29.2. The number of cyclic esters (lactones) is 1. The van der Waals surface area contributed by atoms with E-state index in [2.05, 4.69) is 13.8 Å². The van der Waals surface area contributed by atoms with Crippen molar-refractivity contribution in [3.8, 4) is 0 Å². The highest BCUT2D eigenvalue weighted by Gasteiger charge is 2.86. The first-order valence-corrected chi connectivity index (χ1v) is 11.2. The molecule has 0 aromatic rings. The Hall–Kier alpha value is -1.44. The van der Waals surface area contributed by atoms with Gasteiger partial charge in [0.15, 0.2) is 11.9 Å². The number of methoxy groups -OCH3 is 1. The first kappa shape index (κ1) is 20.5. The molecule has 5 aliphatic rings. The monoisotopic (exact) mass is 420 g/mol. The number of epoxide rings is 1. The van der Waals surface area contributed by atoms with Crippen LogP contribution in [0.2, 0.25) is 0 Å². The van der Waals surface area contributed by atoms with E-state index >= 15 is 0 Å². The number of hydrogen-bond acceptors (Lipinski definition) is 7. The van der Waals surface area contributed by atoms with E-state index in [1.807, 2.05) is 0 Å². The Bertz CT molecular complexity index is 792. The third-order valence-electron chi connectivity index (χ3n) is 8.95. The van der Waals surface area contributed by atoms with E-state index in [1.54, 1.807) is 13.2 Å². The number of ether oxygens (including phenoxy) is 5. The summed E-state index contributed by atoms with van der Waals surface area (Å²) in [5.74, 6) is 0.195. The van der Waals surface area contributed by atoms with E-state index in [0.29, 0.717) is 12.5 Å². The van der Waals surface area contributed by atoms with Crippen LogP contribution in [0.5, 0.6) is 0 Å². The number of esters is 2. The molecule has 0 aromatic carbocycles. The van der Waals surface area contributed by atoms with E-state index < -0.39 is 23.6 Å². The summed E-state index contributed by atoms with van der Waals surface area (Å²) in [6, 6.07) is 0. The summed E-state index contributed by atoms with van der Waals surface area (Å²) in [5, 5.41) is 0. The van der Waals surface area contributed by atoms with E-state index in [1.165, 1.54) is 6.92 Å². The maximum Gasteiger partial charge on any atom is 0.331 e. The fraction of sp³-hybridized carbons (Fsp3) is 0.826. The van der Waals surface area contributed by atoms with Gasteiger partial charge in [0, 0.05) is 20.1 Å². The Labute approximate surface area is 177 Å². The third-order valence-corrected chi connectivity index (χ3v) is 8.95. The zero-order valence-corrected chi connectivity index (χ0v) is 18.3. The molecule has 0 aromatic heterocycles. The molecule has 30 heavy (non-hydrogen) atoms. The maximum absolute atomic E-state index is 12.0. The number of hydrogen-bond donors (Lipinski definition) is 0. The molecule has 4 fully saturated rings. The van der Waals surface area contributed by atoms with Crippen molar-refractivity contribution in [1.29, 1.82) is 0 Å². The molecule has 2 spiro atoms. The molecular weight excluding hydrogens is 388 g/mol. The molecule has 2 unspecified atom stereocenters. The van der Waals surface area contributed by atoms with Crippen LogP contribution in [0.15, 0.2) is 11.6 Å². The predicted octanol–water partition coefficient (Wildman–Crippen LogP) is 3.11. The summed E-state index contributed by atoms with van der Waals surface area (Å²) in [4.78, 5) is 23.5.